The molecule has 0 aromatic heterocycles. The quantitative estimate of drug-likeness (QED) is 0.685. The molecule has 2 saturated carbocycles. The SMILES string of the molecule is O=C(O)C1CCC(O)(CNC2CCCCCC2)CC1. The van der Waals surface area contributed by atoms with E-state index in [2.05, 4.69) is 5.32 Å². The van der Waals surface area contributed by atoms with Crippen LogP contribution in [-0.4, -0.2) is 34.4 Å². The molecule has 0 aromatic carbocycles. The Hall–Kier alpha value is -0.610. The van der Waals surface area contributed by atoms with E-state index in [9.17, 15) is 9.90 Å². The molecule has 0 aromatic rings. The lowest BCUT2D eigenvalue weighted by Crippen LogP contribution is -2.47. The maximum absolute atomic E-state index is 10.9. The molecule has 19 heavy (non-hydrogen) atoms. The molecule has 4 nitrogen and oxygen atoms in total. The fourth-order valence-electron chi connectivity index (χ4n) is 3.40. The molecule has 0 saturated heterocycles. The summed E-state index contributed by atoms with van der Waals surface area (Å²) in [5, 5.41) is 23.0. The van der Waals surface area contributed by atoms with Gasteiger partial charge in [0.2, 0.25) is 0 Å². The van der Waals surface area contributed by atoms with Gasteiger partial charge in [0.15, 0.2) is 0 Å². The summed E-state index contributed by atoms with van der Waals surface area (Å²) >= 11 is 0. The van der Waals surface area contributed by atoms with Gasteiger partial charge in [-0.05, 0) is 38.5 Å². The van der Waals surface area contributed by atoms with Crippen molar-refractivity contribution < 1.29 is 15.0 Å². The van der Waals surface area contributed by atoms with Gasteiger partial charge < -0.3 is 15.5 Å². The average Bonchev–Trinajstić information content (AvgIpc) is 2.65. The van der Waals surface area contributed by atoms with Crippen LogP contribution in [0.3, 0.4) is 0 Å². The van der Waals surface area contributed by atoms with Crippen LogP contribution in [0.15, 0.2) is 0 Å². The van der Waals surface area contributed by atoms with Crippen LogP contribution in [-0.2, 0) is 4.79 Å². The average molecular weight is 269 g/mol. The first-order valence-corrected chi connectivity index (χ1v) is 7.78. The third-order valence-corrected chi connectivity index (χ3v) is 4.84. The van der Waals surface area contributed by atoms with E-state index in [0.29, 0.717) is 38.3 Å². The number of carboxylic acid groups (broad SMARTS) is 1. The first kappa shape index (κ1) is 14.8. The van der Waals surface area contributed by atoms with Gasteiger partial charge in [0, 0.05) is 12.6 Å². The number of carbonyl (C=O) groups is 1. The maximum atomic E-state index is 10.9. The van der Waals surface area contributed by atoms with E-state index in [1.165, 1.54) is 38.5 Å². The fourth-order valence-corrected chi connectivity index (χ4v) is 3.40. The Morgan fingerprint density at radius 3 is 2.16 bits per heavy atom. The topological polar surface area (TPSA) is 69.6 Å². The molecule has 0 heterocycles. The van der Waals surface area contributed by atoms with Gasteiger partial charge in [-0.3, -0.25) is 4.79 Å². The molecule has 0 atom stereocenters. The number of carboxylic acids is 1. The highest BCUT2D eigenvalue weighted by atomic mass is 16.4. The highest BCUT2D eigenvalue weighted by Crippen LogP contribution is 2.32. The third-order valence-electron chi connectivity index (χ3n) is 4.84. The van der Waals surface area contributed by atoms with E-state index in [4.69, 9.17) is 5.11 Å². The van der Waals surface area contributed by atoms with Crippen molar-refractivity contribution in [3.05, 3.63) is 0 Å². The lowest BCUT2D eigenvalue weighted by atomic mass is 9.78. The first-order valence-electron chi connectivity index (χ1n) is 7.78. The van der Waals surface area contributed by atoms with Crippen molar-refractivity contribution in [3.63, 3.8) is 0 Å². The zero-order valence-electron chi connectivity index (χ0n) is 11.7. The number of nitrogens with one attached hydrogen (secondary N) is 1. The van der Waals surface area contributed by atoms with Gasteiger partial charge in [-0.15, -0.1) is 0 Å². The summed E-state index contributed by atoms with van der Waals surface area (Å²) in [6, 6.07) is 0.545. The minimum atomic E-state index is -0.709. The largest absolute Gasteiger partial charge is 0.481 e. The zero-order chi connectivity index (χ0) is 13.7. The van der Waals surface area contributed by atoms with Gasteiger partial charge in [-0.2, -0.15) is 0 Å². The molecular weight excluding hydrogens is 242 g/mol. The molecule has 2 rings (SSSR count). The molecule has 2 aliphatic rings. The summed E-state index contributed by atoms with van der Waals surface area (Å²) in [4.78, 5) is 10.9. The maximum Gasteiger partial charge on any atom is 0.306 e. The number of aliphatic carboxylic acids is 1. The van der Waals surface area contributed by atoms with Crippen LogP contribution in [0.4, 0.5) is 0 Å². The molecule has 3 N–H and O–H groups in total. The molecule has 4 heteroatoms. The number of hydrogen-bond acceptors (Lipinski definition) is 3. The van der Waals surface area contributed by atoms with Crippen molar-refractivity contribution in [1.29, 1.82) is 0 Å². The number of hydrogen-bond donors (Lipinski definition) is 3. The number of aliphatic hydroxyl groups is 1. The Morgan fingerprint density at radius 1 is 1.05 bits per heavy atom. The molecule has 0 spiro atoms. The van der Waals surface area contributed by atoms with Gasteiger partial charge in [0.05, 0.1) is 11.5 Å². The van der Waals surface area contributed by atoms with Crippen LogP contribution in [0.5, 0.6) is 0 Å². The summed E-state index contributed by atoms with van der Waals surface area (Å²) in [5.41, 5.74) is -0.682. The second-order valence-electron chi connectivity index (χ2n) is 6.41. The second-order valence-corrected chi connectivity index (χ2v) is 6.41. The van der Waals surface area contributed by atoms with Crippen molar-refractivity contribution in [3.8, 4) is 0 Å². The molecule has 110 valence electrons. The fraction of sp³-hybridized carbons (Fsp3) is 0.933. The molecular formula is C15H27NO3. The monoisotopic (exact) mass is 269 g/mol. The zero-order valence-corrected chi connectivity index (χ0v) is 11.7. The van der Waals surface area contributed by atoms with Gasteiger partial charge in [0.25, 0.3) is 0 Å². The highest BCUT2D eigenvalue weighted by molar-refractivity contribution is 5.70. The molecule has 0 radical (unpaired) electrons. The van der Waals surface area contributed by atoms with Crippen LogP contribution in [0.1, 0.15) is 64.2 Å². The van der Waals surface area contributed by atoms with Crippen LogP contribution < -0.4 is 5.32 Å². The van der Waals surface area contributed by atoms with E-state index < -0.39 is 11.6 Å². The normalized spacial score (nSPS) is 33.8. The molecule has 2 aliphatic carbocycles. The van der Waals surface area contributed by atoms with Crippen LogP contribution >= 0.6 is 0 Å². The van der Waals surface area contributed by atoms with E-state index in [1.54, 1.807) is 0 Å². The van der Waals surface area contributed by atoms with E-state index in [0.717, 1.165) is 0 Å². The summed E-state index contributed by atoms with van der Waals surface area (Å²) in [6.07, 6.45) is 10.1. The van der Waals surface area contributed by atoms with Gasteiger partial charge >= 0.3 is 5.97 Å². The van der Waals surface area contributed by atoms with Crippen molar-refractivity contribution in [2.24, 2.45) is 5.92 Å². The molecule has 0 bridgehead atoms. The van der Waals surface area contributed by atoms with Crippen molar-refractivity contribution >= 4 is 5.97 Å². The van der Waals surface area contributed by atoms with Crippen LogP contribution in [0.2, 0.25) is 0 Å². The van der Waals surface area contributed by atoms with Gasteiger partial charge in [0.1, 0.15) is 0 Å². The summed E-state index contributed by atoms with van der Waals surface area (Å²) < 4.78 is 0. The lowest BCUT2D eigenvalue weighted by molar-refractivity contribution is -0.144. The predicted octanol–water partition coefficient (Wildman–Crippen LogP) is 2.30. The Bertz CT molecular complexity index is 290. The summed E-state index contributed by atoms with van der Waals surface area (Å²) in [5.74, 6) is -0.961. The van der Waals surface area contributed by atoms with Crippen LogP contribution in [0, 0.1) is 5.92 Å². The Labute approximate surface area is 115 Å². The van der Waals surface area contributed by atoms with Crippen molar-refractivity contribution in [1.82, 2.24) is 5.32 Å². The Morgan fingerprint density at radius 2 is 1.63 bits per heavy atom. The molecule has 2 fully saturated rings. The number of rotatable bonds is 4. The molecule has 0 unspecified atom stereocenters. The van der Waals surface area contributed by atoms with E-state index in [1.807, 2.05) is 0 Å². The molecule has 0 amide bonds. The first-order chi connectivity index (χ1) is 9.09. The minimum Gasteiger partial charge on any atom is -0.481 e. The second kappa shape index (κ2) is 6.71. The predicted molar refractivity (Wildman–Crippen MR) is 74.0 cm³/mol. The van der Waals surface area contributed by atoms with E-state index >= 15 is 0 Å². The highest BCUT2D eigenvalue weighted by Gasteiger charge is 2.35. The summed E-state index contributed by atoms with van der Waals surface area (Å²) in [7, 11) is 0. The Balaban J connectivity index is 1.74. The Kier molecular flexibility index (Phi) is 5.22. The standard InChI is InChI=1S/C15H27NO3/c17-14(18)12-7-9-15(19,10-8-12)11-16-13-5-3-1-2-4-6-13/h12-13,16,19H,1-11H2,(H,17,18). The van der Waals surface area contributed by atoms with Crippen LogP contribution in [0.25, 0.3) is 0 Å². The van der Waals surface area contributed by atoms with Crippen molar-refractivity contribution in [2.45, 2.75) is 75.9 Å². The smallest absolute Gasteiger partial charge is 0.306 e. The van der Waals surface area contributed by atoms with Gasteiger partial charge in [-0.25, -0.2) is 0 Å². The van der Waals surface area contributed by atoms with Gasteiger partial charge in [-0.1, -0.05) is 25.7 Å². The van der Waals surface area contributed by atoms with E-state index in [-0.39, 0.29) is 5.92 Å². The van der Waals surface area contributed by atoms with Crippen molar-refractivity contribution in [2.75, 3.05) is 6.54 Å². The minimum absolute atomic E-state index is 0.252. The molecule has 0 aliphatic heterocycles. The lowest BCUT2D eigenvalue weighted by Gasteiger charge is -2.36. The third kappa shape index (κ3) is 4.46. The summed E-state index contributed by atoms with van der Waals surface area (Å²) in [6.45, 7) is 0.629.